The van der Waals surface area contributed by atoms with E-state index in [9.17, 15) is 0 Å². The van der Waals surface area contributed by atoms with Gasteiger partial charge in [-0.1, -0.05) is 41.0 Å². The lowest BCUT2D eigenvalue weighted by molar-refractivity contribution is 0.106. The summed E-state index contributed by atoms with van der Waals surface area (Å²) in [6.07, 6.45) is 0.743. The van der Waals surface area contributed by atoms with Crippen molar-refractivity contribution in [3.63, 3.8) is 0 Å². The molecule has 1 rings (SSSR count). The summed E-state index contributed by atoms with van der Waals surface area (Å²) in [6, 6.07) is 7.65. The van der Waals surface area contributed by atoms with E-state index < -0.39 is 0 Å². The van der Waals surface area contributed by atoms with Crippen molar-refractivity contribution in [3.8, 4) is 5.75 Å². The van der Waals surface area contributed by atoms with E-state index in [1.807, 2.05) is 24.3 Å². The number of oxime groups is 1. The number of nitrogens with zero attached hydrogens (tertiary/aromatic N) is 1. The van der Waals surface area contributed by atoms with Crippen LogP contribution in [0.1, 0.15) is 20.3 Å². The van der Waals surface area contributed by atoms with Gasteiger partial charge in [-0.15, -0.1) is 0 Å². The van der Waals surface area contributed by atoms with Gasteiger partial charge in [-0.3, -0.25) is 0 Å². The molecule has 0 aliphatic carbocycles. The highest BCUT2D eigenvalue weighted by Gasteiger charge is 1.98. The highest BCUT2D eigenvalue weighted by molar-refractivity contribution is 9.10. The van der Waals surface area contributed by atoms with Gasteiger partial charge in [-0.05, 0) is 24.1 Å². The minimum absolute atomic E-state index is 0.380. The third kappa shape index (κ3) is 6.49. The Morgan fingerprint density at radius 3 is 2.83 bits per heavy atom. The molecular weight excluding hydrogens is 296 g/mol. The number of hydrogen-bond donors (Lipinski definition) is 1. The Morgan fingerprint density at radius 1 is 1.39 bits per heavy atom. The molecule has 18 heavy (non-hydrogen) atoms. The first-order valence-corrected chi connectivity index (χ1v) is 6.70. The SMILES string of the molecule is CC(C)C/C(N)=N/OCCOc1cccc(Br)c1. The standard InChI is InChI=1S/C13H19BrN2O2/c1-10(2)8-13(15)16-18-7-6-17-12-5-3-4-11(14)9-12/h3-5,9-10H,6-8H2,1-2H3,(H2,15,16). The topological polar surface area (TPSA) is 56.8 Å². The predicted octanol–water partition coefficient (Wildman–Crippen LogP) is 3.16. The maximum Gasteiger partial charge on any atom is 0.151 e. The molecule has 5 heteroatoms. The molecule has 100 valence electrons. The predicted molar refractivity (Wildman–Crippen MR) is 76.7 cm³/mol. The molecule has 4 nitrogen and oxygen atoms in total. The van der Waals surface area contributed by atoms with Gasteiger partial charge in [-0.2, -0.15) is 0 Å². The molecule has 0 aromatic heterocycles. The smallest absolute Gasteiger partial charge is 0.151 e. The Bertz CT molecular complexity index is 394. The van der Waals surface area contributed by atoms with Crippen molar-refractivity contribution in [1.29, 1.82) is 0 Å². The second-order valence-corrected chi connectivity index (χ2v) is 5.24. The van der Waals surface area contributed by atoms with E-state index >= 15 is 0 Å². The van der Waals surface area contributed by atoms with Crippen molar-refractivity contribution in [2.45, 2.75) is 20.3 Å². The lowest BCUT2D eigenvalue weighted by Crippen LogP contribution is -2.15. The van der Waals surface area contributed by atoms with Crippen molar-refractivity contribution < 1.29 is 9.57 Å². The van der Waals surface area contributed by atoms with Gasteiger partial charge < -0.3 is 15.3 Å². The first kappa shape index (κ1) is 14.8. The Labute approximate surface area is 116 Å². The maximum absolute atomic E-state index is 5.67. The number of nitrogens with two attached hydrogens (primary N) is 1. The lowest BCUT2D eigenvalue weighted by Gasteiger charge is -2.06. The molecule has 0 fully saturated rings. The molecule has 0 radical (unpaired) electrons. The monoisotopic (exact) mass is 314 g/mol. The first-order chi connectivity index (χ1) is 8.58. The van der Waals surface area contributed by atoms with Crippen molar-refractivity contribution in [2.75, 3.05) is 13.2 Å². The van der Waals surface area contributed by atoms with Gasteiger partial charge in [0.1, 0.15) is 18.2 Å². The summed E-state index contributed by atoms with van der Waals surface area (Å²) in [4.78, 5) is 5.07. The van der Waals surface area contributed by atoms with Crippen molar-refractivity contribution in [1.82, 2.24) is 0 Å². The van der Waals surface area contributed by atoms with Gasteiger partial charge in [0.25, 0.3) is 0 Å². The molecule has 1 aromatic rings. The van der Waals surface area contributed by atoms with Gasteiger partial charge >= 0.3 is 0 Å². The fourth-order valence-corrected chi connectivity index (χ4v) is 1.72. The molecule has 0 saturated heterocycles. The number of halogens is 1. The minimum atomic E-state index is 0.380. The molecule has 1 aromatic carbocycles. The van der Waals surface area contributed by atoms with Gasteiger partial charge in [0.15, 0.2) is 6.61 Å². The van der Waals surface area contributed by atoms with Gasteiger partial charge in [0.05, 0.1) is 0 Å². The zero-order valence-corrected chi connectivity index (χ0v) is 12.3. The van der Waals surface area contributed by atoms with Crippen LogP contribution in [-0.2, 0) is 4.84 Å². The molecule has 0 spiro atoms. The van der Waals surface area contributed by atoms with E-state index in [0.717, 1.165) is 16.6 Å². The van der Waals surface area contributed by atoms with Crippen molar-refractivity contribution in [2.24, 2.45) is 16.8 Å². The number of benzene rings is 1. The third-order valence-electron chi connectivity index (χ3n) is 2.04. The van der Waals surface area contributed by atoms with E-state index in [1.165, 1.54) is 0 Å². The molecule has 0 aliphatic rings. The van der Waals surface area contributed by atoms with Crippen LogP contribution in [0.3, 0.4) is 0 Å². The molecule has 0 atom stereocenters. The van der Waals surface area contributed by atoms with E-state index in [1.54, 1.807) is 0 Å². The molecule has 2 N–H and O–H groups in total. The average Bonchev–Trinajstić information content (AvgIpc) is 2.27. The summed E-state index contributed by atoms with van der Waals surface area (Å²) in [6.45, 7) is 4.98. The minimum Gasteiger partial charge on any atom is -0.490 e. The van der Waals surface area contributed by atoms with Crippen molar-refractivity contribution in [3.05, 3.63) is 28.7 Å². The summed E-state index contributed by atoms with van der Waals surface area (Å²) in [5.41, 5.74) is 5.67. The zero-order chi connectivity index (χ0) is 13.4. The van der Waals surface area contributed by atoms with E-state index in [2.05, 4.69) is 34.9 Å². The van der Waals surface area contributed by atoms with Crippen LogP contribution in [0.2, 0.25) is 0 Å². The van der Waals surface area contributed by atoms with E-state index in [-0.39, 0.29) is 0 Å². The maximum atomic E-state index is 5.67. The van der Waals surface area contributed by atoms with Crippen LogP contribution in [-0.4, -0.2) is 19.0 Å². The lowest BCUT2D eigenvalue weighted by atomic mass is 10.1. The van der Waals surface area contributed by atoms with Gasteiger partial charge in [-0.25, -0.2) is 0 Å². The Morgan fingerprint density at radius 2 is 2.17 bits per heavy atom. The summed E-state index contributed by atoms with van der Waals surface area (Å²) in [5, 5.41) is 3.82. The number of ether oxygens (including phenoxy) is 1. The van der Waals surface area contributed by atoms with E-state index in [4.69, 9.17) is 15.3 Å². The second-order valence-electron chi connectivity index (χ2n) is 4.32. The van der Waals surface area contributed by atoms with E-state index in [0.29, 0.717) is 25.0 Å². The molecule has 0 unspecified atom stereocenters. The summed E-state index contributed by atoms with van der Waals surface area (Å²) in [5.74, 6) is 1.80. The summed E-state index contributed by atoms with van der Waals surface area (Å²) < 4.78 is 6.47. The van der Waals surface area contributed by atoms with Gasteiger partial charge in [0.2, 0.25) is 0 Å². The molecular formula is C13H19BrN2O2. The largest absolute Gasteiger partial charge is 0.490 e. The number of hydrogen-bond acceptors (Lipinski definition) is 3. The summed E-state index contributed by atoms with van der Waals surface area (Å²) in [7, 11) is 0. The van der Waals surface area contributed by atoms with Crippen LogP contribution in [0.25, 0.3) is 0 Å². The van der Waals surface area contributed by atoms with Crippen LogP contribution in [0, 0.1) is 5.92 Å². The molecule has 0 heterocycles. The normalized spacial score (nSPS) is 11.7. The average molecular weight is 315 g/mol. The zero-order valence-electron chi connectivity index (χ0n) is 10.7. The highest BCUT2D eigenvalue weighted by Crippen LogP contribution is 2.17. The number of rotatable bonds is 7. The Balaban J connectivity index is 2.19. The quantitative estimate of drug-likeness (QED) is 0.364. The van der Waals surface area contributed by atoms with Gasteiger partial charge in [0, 0.05) is 10.9 Å². The van der Waals surface area contributed by atoms with Crippen LogP contribution in [0.5, 0.6) is 5.75 Å². The number of amidine groups is 1. The van der Waals surface area contributed by atoms with Crippen molar-refractivity contribution >= 4 is 21.8 Å². The Hall–Kier alpha value is -1.23. The molecule has 0 bridgehead atoms. The third-order valence-corrected chi connectivity index (χ3v) is 2.53. The highest BCUT2D eigenvalue weighted by atomic mass is 79.9. The fraction of sp³-hybridized carbons (Fsp3) is 0.462. The summed E-state index contributed by atoms with van der Waals surface area (Å²) >= 11 is 3.38. The fourth-order valence-electron chi connectivity index (χ4n) is 1.34. The van der Waals surface area contributed by atoms with Crippen LogP contribution >= 0.6 is 15.9 Å². The molecule has 0 saturated carbocycles. The molecule has 0 aliphatic heterocycles. The molecule has 0 amide bonds. The van der Waals surface area contributed by atoms with Crippen LogP contribution in [0.4, 0.5) is 0 Å². The second kappa shape index (κ2) is 7.97. The Kier molecular flexibility index (Phi) is 6.57. The van der Waals surface area contributed by atoms with Crippen LogP contribution in [0.15, 0.2) is 33.9 Å². The van der Waals surface area contributed by atoms with Crippen LogP contribution < -0.4 is 10.5 Å². The first-order valence-electron chi connectivity index (χ1n) is 5.90.